The van der Waals surface area contributed by atoms with Crippen LogP contribution in [0.15, 0.2) is 0 Å². The van der Waals surface area contributed by atoms with Crippen molar-refractivity contribution in [1.29, 1.82) is 0 Å². The maximum Gasteiger partial charge on any atom is 0.190 e. The van der Waals surface area contributed by atoms with Gasteiger partial charge in [-0.3, -0.25) is 0 Å². The SMILES string of the molecule is CCCCO[C@@H]1C2OC(C)(C)O[C@@H]2OC(COOC)[C@H]1O. The van der Waals surface area contributed by atoms with Crippen LogP contribution in [0.5, 0.6) is 0 Å². The van der Waals surface area contributed by atoms with Gasteiger partial charge in [-0.2, -0.15) is 0 Å². The van der Waals surface area contributed by atoms with E-state index in [1.54, 1.807) is 0 Å². The van der Waals surface area contributed by atoms with Crippen LogP contribution < -0.4 is 0 Å². The topological polar surface area (TPSA) is 75.6 Å². The number of rotatable bonds is 7. The lowest BCUT2D eigenvalue weighted by Crippen LogP contribution is -2.58. The number of aliphatic hydroxyl groups is 1. The number of fused-ring (bicyclic) bond motifs is 1. The molecule has 0 aromatic heterocycles. The van der Waals surface area contributed by atoms with E-state index >= 15 is 0 Å². The first-order valence-electron chi connectivity index (χ1n) is 7.45. The predicted octanol–water partition coefficient (Wildman–Crippen LogP) is 0.987. The second kappa shape index (κ2) is 7.32. The van der Waals surface area contributed by atoms with Crippen molar-refractivity contribution in [2.24, 2.45) is 0 Å². The van der Waals surface area contributed by atoms with Crippen LogP contribution >= 0.6 is 0 Å². The van der Waals surface area contributed by atoms with Crippen molar-refractivity contribution in [3.05, 3.63) is 0 Å². The Kier molecular flexibility index (Phi) is 5.96. The van der Waals surface area contributed by atoms with Crippen LogP contribution in [0, 0.1) is 0 Å². The smallest absolute Gasteiger partial charge is 0.190 e. The van der Waals surface area contributed by atoms with E-state index in [2.05, 4.69) is 11.8 Å². The third-order valence-electron chi connectivity index (χ3n) is 3.60. The summed E-state index contributed by atoms with van der Waals surface area (Å²) in [5.74, 6) is -0.765. The van der Waals surface area contributed by atoms with Crippen molar-refractivity contribution < 1.29 is 33.8 Å². The molecule has 2 saturated heterocycles. The van der Waals surface area contributed by atoms with Gasteiger partial charge in [0.2, 0.25) is 0 Å². The van der Waals surface area contributed by atoms with Crippen molar-refractivity contribution in [2.75, 3.05) is 20.3 Å². The molecule has 0 aliphatic carbocycles. The maximum atomic E-state index is 10.5. The molecule has 0 saturated carbocycles. The number of unbranched alkanes of at least 4 members (excludes halogenated alkanes) is 1. The lowest BCUT2D eigenvalue weighted by Gasteiger charge is -2.39. The molecule has 0 spiro atoms. The summed E-state index contributed by atoms with van der Waals surface area (Å²) in [6, 6.07) is 0. The van der Waals surface area contributed by atoms with Gasteiger partial charge in [-0.05, 0) is 20.3 Å². The molecule has 0 aromatic carbocycles. The average molecular weight is 306 g/mol. The molecule has 2 heterocycles. The lowest BCUT2D eigenvalue weighted by molar-refractivity contribution is -0.324. The molecule has 2 fully saturated rings. The maximum absolute atomic E-state index is 10.5. The van der Waals surface area contributed by atoms with E-state index in [1.165, 1.54) is 7.11 Å². The van der Waals surface area contributed by atoms with E-state index in [4.69, 9.17) is 23.8 Å². The van der Waals surface area contributed by atoms with E-state index in [-0.39, 0.29) is 6.61 Å². The number of aliphatic hydroxyl groups excluding tert-OH is 1. The highest BCUT2D eigenvalue weighted by Crippen LogP contribution is 2.37. The van der Waals surface area contributed by atoms with Gasteiger partial charge in [-0.25, -0.2) is 9.78 Å². The molecule has 21 heavy (non-hydrogen) atoms. The summed E-state index contributed by atoms with van der Waals surface area (Å²) in [5.41, 5.74) is 0. The summed E-state index contributed by atoms with van der Waals surface area (Å²) in [7, 11) is 1.41. The van der Waals surface area contributed by atoms with Crippen molar-refractivity contribution in [1.82, 2.24) is 0 Å². The van der Waals surface area contributed by atoms with Crippen LogP contribution in [0.1, 0.15) is 33.6 Å². The first-order chi connectivity index (χ1) is 9.98. The zero-order valence-corrected chi connectivity index (χ0v) is 13.1. The zero-order chi connectivity index (χ0) is 15.5. The van der Waals surface area contributed by atoms with Gasteiger partial charge in [-0.15, -0.1) is 0 Å². The fraction of sp³-hybridized carbons (Fsp3) is 1.00. The minimum Gasteiger partial charge on any atom is -0.387 e. The van der Waals surface area contributed by atoms with Crippen LogP contribution in [-0.4, -0.2) is 61.9 Å². The number of hydrogen-bond acceptors (Lipinski definition) is 7. The molecular weight excluding hydrogens is 280 g/mol. The van der Waals surface area contributed by atoms with E-state index in [9.17, 15) is 5.11 Å². The molecule has 124 valence electrons. The van der Waals surface area contributed by atoms with Gasteiger partial charge >= 0.3 is 0 Å². The minimum absolute atomic E-state index is 0.0955. The summed E-state index contributed by atoms with van der Waals surface area (Å²) in [6.45, 7) is 6.36. The van der Waals surface area contributed by atoms with E-state index in [0.717, 1.165) is 12.8 Å². The fourth-order valence-corrected chi connectivity index (χ4v) is 2.57. The van der Waals surface area contributed by atoms with Crippen molar-refractivity contribution in [3.8, 4) is 0 Å². The van der Waals surface area contributed by atoms with Crippen molar-refractivity contribution >= 4 is 0 Å². The molecule has 2 aliphatic heterocycles. The van der Waals surface area contributed by atoms with Crippen LogP contribution in [0.4, 0.5) is 0 Å². The van der Waals surface area contributed by atoms with Crippen LogP contribution in [-0.2, 0) is 28.7 Å². The third-order valence-corrected chi connectivity index (χ3v) is 3.60. The lowest BCUT2D eigenvalue weighted by atomic mass is 9.99. The second-order valence-electron chi connectivity index (χ2n) is 5.77. The van der Waals surface area contributed by atoms with Crippen molar-refractivity contribution in [2.45, 2.75) is 70.1 Å². The van der Waals surface area contributed by atoms with Gasteiger partial charge in [0, 0.05) is 6.61 Å². The Balaban J connectivity index is 2.04. The molecule has 7 nitrogen and oxygen atoms in total. The van der Waals surface area contributed by atoms with E-state index in [0.29, 0.717) is 6.61 Å². The Hall–Kier alpha value is -0.280. The van der Waals surface area contributed by atoms with Gasteiger partial charge in [0.25, 0.3) is 0 Å². The van der Waals surface area contributed by atoms with Gasteiger partial charge in [-0.1, -0.05) is 13.3 Å². The van der Waals surface area contributed by atoms with E-state index in [1.807, 2.05) is 13.8 Å². The van der Waals surface area contributed by atoms with Crippen LogP contribution in [0.2, 0.25) is 0 Å². The zero-order valence-electron chi connectivity index (χ0n) is 13.1. The molecule has 2 unspecified atom stereocenters. The highest BCUT2D eigenvalue weighted by molar-refractivity contribution is 4.95. The molecule has 2 aliphatic rings. The van der Waals surface area contributed by atoms with Crippen LogP contribution in [0.25, 0.3) is 0 Å². The van der Waals surface area contributed by atoms with Gasteiger partial charge < -0.3 is 24.1 Å². The molecule has 0 aromatic rings. The summed E-state index contributed by atoms with van der Waals surface area (Å²) >= 11 is 0. The van der Waals surface area contributed by atoms with Crippen LogP contribution in [0.3, 0.4) is 0 Å². The molecule has 0 radical (unpaired) electrons. The summed E-state index contributed by atoms with van der Waals surface area (Å²) < 4.78 is 23.1. The second-order valence-corrected chi connectivity index (χ2v) is 5.77. The van der Waals surface area contributed by atoms with Gasteiger partial charge in [0.15, 0.2) is 12.1 Å². The molecule has 5 atom stereocenters. The largest absolute Gasteiger partial charge is 0.387 e. The Morgan fingerprint density at radius 1 is 1.24 bits per heavy atom. The molecule has 0 amide bonds. The first-order valence-corrected chi connectivity index (χ1v) is 7.45. The van der Waals surface area contributed by atoms with Crippen molar-refractivity contribution in [3.63, 3.8) is 0 Å². The summed E-state index contributed by atoms with van der Waals surface area (Å²) in [4.78, 5) is 9.46. The standard InChI is InChI=1S/C14H26O7/c1-5-6-7-17-11-10(15)9(8-18-16-4)19-13-12(11)20-14(2,3)21-13/h9-13,15H,5-8H2,1-4H3/t9?,10-,11+,12?,13+/m1/s1. The quantitative estimate of drug-likeness (QED) is 0.427. The normalized spacial score (nSPS) is 38.4. The number of hydrogen-bond donors (Lipinski definition) is 1. The predicted molar refractivity (Wildman–Crippen MR) is 72.3 cm³/mol. The number of ether oxygens (including phenoxy) is 4. The minimum atomic E-state index is -0.865. The summed E-state index contributed by atoms with van der Waals surface area (Å²) in [5, 5.41) is 10.5. The van der Waals surface area contributed by atoms with E-state index < -0.39 is 36.5 Å². The highest BCUT2D eigenvalue weighted by Gasteiger charge is 2.54. The highest BCUT2D eigenvalue weighted by atomic mass is 17.2. The monoisotopic (exact) mass is 306 g/mol. The Morgan fingerprint density at radius 3 is 2.67 bits per heavy atom. The Labute approximate surface area is 125 Å². The molecule has 1 N–H and O–H groups in total. The first kappa shape index (κ1) is 17.1. The molecule has 2 rings (SSSR count). The van der Waals surface area contributed by atoms with Gasteiger partial charge in [0.05, 0.1) is 7.11 Å². The van der Waals surface area contributed by atoms with Gasteiger partial charge in [0.1, 0.15) is 31.0 Å². The molecular formula is C14H26O7. The summed E-state index contributed by atoms with van der Waals surface area (Å²) in [6.07, 6.45) is -1.06. The average Bonchev–Trinajstić information content (AvgIpc) is 2.73. The Morgan fingerprint density at radius 2 is 2.00 bits per heavy atom. The Bertz CT molecular complexity index is 322. The molecule has 0 bridgehead atoms. The fourth-order valence-electron chi connectivity index (χ4n) is 2.57. The third kappa shape index (κ3) is 4.13. The molecule has 7 heteroatoms.